The zero-order valence-electron chi connectivity index (χ0n) is 18.3. The molecule has 1 amide bonds. The molecule has 0 spiro atoms. The second kappa shape index (κ2) is 10.4. The second-order valence-corrected chi connectivity index (χ2v) is 9.16. The lowest BCUT2D eigenvalue weighted by Gasteiger charge is -2.17. The predicted octanol–water partition coefficient (Wildman–Crippen LogP) is 3.76. The predicted molar refractivity (Wildman–Crippen MR) is 123 cm³/mol. The Bertz CT molecular complexity index is 1160. The Morgan fingerprint density at radius 2 is 1.88 bits per heavy atom. The van der Waals surface area contributed by atoms with E-state index in [1.165, 1.54) is 12.1 Å². The van der Waals surface area contributed by atoms with Crippen LogP contribution in [-0.2, 0) is 16.6 Å². The summed E-state index contributed by atoms with van der Waals surface area (Å²) >= 11 is 0. The van der Waals surface area contributed by atoms with E-state index in [4.69, 9.17) is 4.74 Å². The van der Waals surface area contributed by atoms with Gasteiger partial charge in [0.05, 0.1) is 10.9 Å². The maximum atomic E-state index is 12.9. The number of carbonyl (C=O) groups is 1. The summed E-state index contributed by atoms with van der Waals surface area (Å²) in [6.45, 7) is 6.05. The number of ether oxygens (including phenoxy) is 1. The van der Waals surface area contributed by atoms with Crippen LogP contribution < -0.4 is 14.8 Å². The Kier molecular flexibility index (Phi) is 7.61. The number of nitrogens with one attached hydrogen (secondary N) is 2. The average Bonchev–Trinajstić information content (AvgIpc) is 2.78. The van der Waals surface area contributed by atoms with Gasteiger partial charge in [-0.2, -0.15) is 0 Å². The quantitative estimate of drug-likeness (QED) is 0.514. The number of rotatable bonds is 9. The van der Waals surface area contributed by atoms with Gasteiger partial charge in [0.25, 0.3) is 5.91 Å². The van der Waals surface area contributed by atoms with E-state index >= 15 is 0 Å². The van der Waals surface area contributed by atoms with Gasteiger partial charge in [0, 0.05) is 30.1 Å². The number of amides is 1. The highest BCUT2D eigenvalue weighted by Gasteiger charge is 2.19. The maximum absolute atomic E-state index is 12.9. The molecule has 3 rings (SSSR count). The fourth-order valence-corrected chi connectivity index (χ4v) is 4.21. The molecule has 32 heavy (non-hydrogen) atoms. The largest absolute Gasteiger partial charge is 0.489 e. The lowest BCUT2D eigenvalue weighted by Crippen LogP contribution is -2.28. The van der Waals surface area contributed by atoms with Crippen molar-refractivity contribution in [2.75, 3.05) is 6.54 Å². The first-order valence-electron chi connectivity index (χ1n) is 10.3. The van der Waals surface area contributed by atoms with E-state index < -0.39 is 10.0 Å². The number of sulfonamides is 1. The van der Waals surface area contributed by atoms with Crippen LogP contribution in [0.15, 0.2) is 71.9 Å². The van der Waals surface area contributed by atoms with Gasteiger partial charge in [-0.1, -0.05) is 31.2 Å². The minimum absolute atomic E-state index is 0.0675. The standard InChI is InChI=1S/C24H27N3O4S/c1-4-26-32(29,30)22-12-7-17(2)23(14-22)24(28)27-18(3)20-8-10-21(11-9-20)31-16-19-6-5-13-25-15-19/h5-15,18,26H,4,16H2,1-3H3,(H,27,28). The van der Waals surface area contributed by atoms with E-state index in [-0.39, 0.29) is 23.4 Å². The van der Waals surface area contributed by atoms with Crippen molar-refractivity contribution in [1.82, 2.24) is 15.0 Å². The summed E-state index contributed by atoms with van der Waals surface area (Å²) in [5, 5.41) is 2.94. The van der Waals surface area contributed by atoms with Crippen molar-refractivity contribution in [3.05, 3.63) is 89.2 Å². The molecule has 1 heterocycles. The van der Waals surface area contributed by atoms with Crippen LogP contribution in [0.1, 0.15) is 46.9 Å². The minimum atomic E-state index is -3.64. The van der Waals surface area contributed by atoms with Gasteiger partial charge in [0.15, 0.2) is 0 Å². The van der Waals surface area contributed by atoms with Crippen LogP contribution in [0.2, 0.25) is 0 Å². The Morgan fingerprint density at radius 1 is 1.12 bits per heavy atom. The second-order valence-electron chi connectivity index (χ2n) is 7.39. The first kappa shape index (κ1) is 23.4. The van der Waals surface area contributed by atoms with Crippen molar-refractivity contribution in [3.63, 3.8) is 0 Å². The van der Waals surface area contributed by atoms with Gasteiger partial charge >= 0.3 is 0 Å². The fraction of sp³-hybridized carbons (Fsp3) is 0.250. The number of carbonyl (C=O) groups excluding carboxylic acids is 1. The smallest absolute Gasteiger partial charge is 0.252 e. The monoisotopic (exact) mass is 453 g/mol. The van der Waals surface area contributed by atoms with Crippen LogP contribution in [-0.4, -0.2) is 25.9 Å². The van der Waals surface area contributed by atoms with E-state index in [9.17, 15) is 13.2 Å². The van der Waals surface area contributed by atoms with Crippen molar-refractivity contribution >= 4 is 15.9 Å². The molecular formula is C24H27N3O4S. The number of aromatic nitrogens is 1. The molecule has 3 aromatic rings. The molecule has 0 saturated carbocycles. The molecule has 2 N–H and O–H groups in total. The van der Waals surface area contributed by atoms with Crippen molar-refractivity contribution in [1.29, 1.82) is 0 Å². The summed E-state index contributed by atoms with van der Waals surface area (Å²) in [5.74, 6) is 0.383. The molecule has 1 aromatic heterocycles. The van der Waals surface area contributed by atoms with Crippen molar-refractivity contribution < 1.29 is 17.9 Å². The molecule has 0 bridgehead atoms. The highest BCUT2D eigenvalue weighted by molar-refractivity contribution is 7.89. The van der Waals surface area contributed by atoms with Crippen molar-refractivity contribution in [2.24, 2.45) is 0 Å². The molecule has 168 valence electrons. The third-order valence-electron chi connectivity index (χ3n) is 4.95. The minimum Gasteiger partial charge on any atom is -0.489 e. The highest BCUT2D eigenvalue weighted by atomic mass is 32.2. The molecule has 0 radical (unpaired) electrons. The van der Waals surface area contributed by atoms with Gasteiger partial charge in [0.1, 0.15) is 12.4 Å². The zero-order valence-corrected chi connectivity index (χ0v) is 19.1. The SMILES string of the molecule is CCNS(=O)(=O)c1ccc(C)c(C(=O)NC(C)c2ccc(OCc3cccnc3)cc2)c1. The Hall–Kier alpha value is -3.23. The molecule has 8 heteroatoms. The van der Waals surface area contributed by atoms with Crippen LogP contribution in [0.3, 0.4) is 0 Å². The van der Waals surface area contributed by atoms with E-state index in [1.54, 1.807) is 32.3 Å². The molecule has 7 nitrogen and oxygen atoms in total. The molecule has 0 aliphatic heterocycles. The Labute approximate surface area is 188 Å². The summed E-state index contributed by atoms with van der Waals surface area (Å²) < 4.78 is 32.8. The summed E-state index contributed by atoms with van der Waals surface area (Å²) in [6.07, 6.45) is 3.47. The van der Waals surface area contributed by atoms with Crippen LogP contribution >= 0.6 is 0 Å². The highest BCUT2D eigenvalue weighted by Crippen LogP contribution is 2.21. The van der Waals surface area contributed by atoms with E-state index in [0.29, 0.717) is 23.5 Å². The number of aryl methyl sites for hydroxylation is 1. The number of hydrogen-bond acceptors (Lipinski definition) is 5. The van der Waals surface area contributed by atoms with E-state index in [1.807, 2.05) is 43.3 Å². The maximum Gasteiger partial charge on any atom is 0.252 e. The molecular weight excluding hydrogens is 426 g/mol. The van der Waals surface area contributed by atoms with Gasteiger partial charge < -0.3 is 10.1 Å². The molecule has 2 aromatic carbocycles. The van der Waals surface area contributed by atoms with E-state index in [2.05, 4.69) is 15.0 Å². The number of pyridine rings is 1. The summed E-state index contributed by atoms with van der Waals surface area (Å²) in [7, 11) is -3.64. The molecule has 1 atom stereocenters. The van der Waals surface area contributed by atoms with Gasteiger partial charge in [-0.25, -0.2) is 13.1 Å². The first-order chi connectivity index (χ1) is 15.3. The lowest BCUT2D eigenvalue weighted by molar-refractivity contribution is 0.0939. The van der Waals surface area contributed by atoms with Crippen LogP contribution in [0, 0.1) is 6.92 Å². The Morgan fingerprint density at radius 3 is 2.53 bits per heavy atom. The zero-order chi connectivity index (χ0) is 23.1. The fourth-order valence-electron chi connectivity index (χ4n) is 3.15. The van der Waals surface area contributed by atoms with Crippen LogP contribution in [0.4, 0.5) is 0 Å². The van der Waals surface area contributed by atoms with Crippen molar-refractivity contribution in [3.8, 4) is 5.75 Å². The average molecular weight is 454 g/mol. The Balaban J connectivity index is 1.66. The third-order valence-corrected chi connectivity index (χ3v) is 6.50. The number of nitrogens with zero attached hydrogens (tertiary/aromatic N) is 1. The summed E-state index contributed by atoms with van der Waals surface area (Å²) in [5.41, 5.74) is 2.91. The number of benzene rings is 2. The normalized spacial score (nSPS) is 12.2. The van der Waals surface area contributed by atoms with Gasteiger partial charge in [0.2, 0.25) is 10.0 Å². The number of hydrogen-bond donors (Lipinski definition) is 2. The van der Waals surface area contributed by atoms with Crippen LogP contribution in [0.25, 0.3) is 0 Å². The van der Waals surface area contributed by atoms with Gasteiger partial charge in [-0.05, 0) is 55.3 Å². The molecule has 0 saturated heterocycles. The lowest BCUT2D eigenvalue weighted by atomic mass is 10.1. The van der Waals surface area contributed by atoms with Gasteiger partial charge in [-0.3, -0.25) is 9.78 Å². The van der Waals surface area contributed by atoms with Crippen LogP contribution in [0.5, 0.6) is 5.75 Å². The third kappa shape index (κ3) is 5.93. The van der Waals surface area contributed by atoms with Gasteiger partial charge in [-0.15, -0.1) is 0 Å². The summed E-state index contributed by atoms with van der Waals surface area (Å²) in [4.78, 5) is 17.0. The first-order valence-corrected chi connectivity index (χ1v) is 11.8. The molecule has 0 aliphatic rings. The summed E-state index contributed by atoms with van der Waals surface area (Å²) in [6, 6.07) is 15.6. The topological polar surface area (TPSA) is 97.4 Å². The molecule has 0 fully saturated rings. The molecule has 1 unspecified atom stereocenters. The van der Waals surface area contributed by atoms with Crippen molar-refractivity contribution in [2.45, 2.75) is 38.3 Å². The molecule has 0 aliphatic carbocycles. The van der Waals surface area contributed by atoms with E-state index in [0.717, 1.165) is 11.1 Å².